The minimum absolute atomic E-state index is 0.318. The van der Waals surface area contributed by atoms with Crippen molar-refractivity contribution in [1.29, 1.82) is 0 Å². The Hall–Kier alpha value is -3.01. The van der Waals surface area contributed by atoms with E-state index in [4.69, 9.17) is 4.42 Å². The summed E-state index contributed by atoms with van der Waals surface area (Å²) in [4.78, 5) is 10.6. The number of furan rings is 1. The van der Waals surface area contributed by atoms with E-state index < -0.39 is 0 Å². The maximum Gasteiger partial charge on any atom is 0.185 e. The summed E-state index contributed by atoms with van der Waals surface area (Å²) < 4.78 is 5.38. The SMILES string of the molecule is Cc1ccc(N=Nc2ccc(-c3ccc(C=O)o3)cc2)cc1. The number of hydrogen-bond acceptors (Lipinski definition) is 4. The minimum atomic E-state index is 0.318. The molecule has 0 aliphatic rings. The van der Waals surface area contributed by atoms with Crippen LogP contribution in [-0.4, -0.2) is 6.29 Å². The number of aryl methyl sites for hydroxylation is 1. The van der Waals surface area contributed by atoms with Crippen LogP contribution in [0.1, 0.15) is 16.1 Å². The lowest BCUT2D eigenvalue weighted by atomic mass is 10.1. The van der Waals surface area contributed by atoms with Crippen LogP contribution in [0.4, 0.5) is 11.4 Å². The van der Waals surface area contributed by atoms with Gasteiger partial charge in [-0.1, -0.05) is 17.7 Å². The Morgan fingerprint density at radius 3 is 1.95 bits per heavy atom. The zero-order valence-electron chi connectivity index (χ0n) is 12.1. The van der Waals surface area contributed by atoms with Gasteiger partial charge in [-0.3, -0.25) is 4.79 Å². The van der Waals surface area contributed by atoms with Gasteiger partial charge in [0, 0.05) is 5.56 Å². The van der Waals surface area contributed by atoms with Crippen LogP contribution in [0, 0.1) is 6.92 Å². The van der Waals surface area contributed by atoms with Crippen molar-refractivity contribution < 1.29 is 9.21 Å². The number of aldehydes is 1. The molecule has 0 amide bonds. The number of nitrogens with zero attached hydrogens (tertiary/aromatic N) is 2. The molecule has 3 aromatic rings. The number of benzene rings is 2. The van der Waals surface area contributed by atoms with Crippen molar-refractivity contribution in [2.45, 2.75) is 6.92 Å². The van der Waals surface area contributed by atoms with Gasteiger partial charge < -0.3 is 4.42 Å². The van der Waals surface area contributed by atoms with Gasteiger partial charge in [0.25, 0.3) is 0 Å². The van der Waals surface area contributed by atoms with Crippen LogP contribution < -0.4 is 0 Å². The summed E-state index contributed by atoms with van der Waals surface area (Å²) >= 11 is 0. The average Bonchev–Trinajstić information content (AvgIpc) is 3.04. The van der Waals surface area contributed by atoms with Crippen molar-refractivity contribution in [3.05, 3.63) is 72.0 Å². The molecule has 4 nitrogen and oxygen atoms in total. The molecule has 0 spiro atoms. The molecule has 0 saturated heterocycles. The van der Waals surface area contributed by atoms with Crippen molar-refractivity contribution >= 4 is 17.7 Å². The van der Waals surface area contributed by atoms with Gasteiger partial charge in [0.05, 0.1) is 11.4 Å². The molecule has 22 heavy (non-hydrogen) atoms. The lowest BCUT2D eigenvalue weighted by molar-refractivity contribution is 0.110. The smallest absolute Gasteiger partial charge is 0.185 e. The molecule has 0 bridgehead atoms. The van der Waals surface area contributed by atoms with Crippen LogP contribution in [0.5, 0.6) is 0 Å². The lowest BCUT2D eigenvalue weighted by Crippen LogP contribution is -1.73. The van der Waals surface area contributed by atoms with Crippen molar-refractivity contribution in [3.8, 4) is 11.3 Å². The summed E-state index contributed by atoms with van der Waals surface area (Å²) in [5.41, 5.74) is 3.65. The van der Waals surface area contributed by atoms with Crippen LogP contribution in [-0.2, 0) is 0 Å². The van der Waals surface area contributed by atoms with Crippen molar-refractivity contribution in [2.75, 3.05) is 0 Å². The number of hydrogen-bond donors (Lipinski definition) is 0. The number of carbonyl (C=O) groups excluding carboxylic acids is 1. The molecule has 0 aliphatic heterocycles. The second-order valence-corrected chi connectivity index (χ2v) is 4.90. The number of carbonyl (C=O) groups is 1. The first-order chi connectivity index (χ1) is 10.7. The molecule has 0 fully saturated rings. The molecular weight excluding hydrogens is 276 g/mol. The first kappa shape index (κ1) is 13.9. The van der Waals surface area contributed by atoms with Crippen LogP contribution in [0.2, 0.25) is 0 Å². The Labute approximate surface area is 128 Å². The molecule has 0 N–H and O–H groups in total. The summed E-state index contributed by atoms with van der Waals surface area (Å²) in [5, 5.41) is 8.39. The highest BCUT2D eigenvalue weighted by atomic mass is 16.3. The predicted molar refractivity (Wildman–Crippen MR) is 84.9 cm³/mol. The molecule has 2 aromatic carbocycles. The molecule has 1 aromatic heterocycles. The fourth-order valence-corrected chi connectivity index (χ4v) is 1.99. The van der Waals surface area contributed by atoms with Gasteiger partial charge in [-0.2, -0.15) is 10.2 Å². The maximum absolute atomic E-state index is 10.6. The summed E-state index contributed by atoms with van der Waals surface area (Å²) in [7, 11) is 0. The van der Waals surface area contributed by atoms with E-state index in [1.54, 1.807) is 12.1 Å². The van der Waals surface area contributed by atoms with Gasteiger partial charge in [0.2, 0.25) is 0 Å². The zero-order chi connectivity index (χ0) is 15.4. The average molecular weight is 290 g/mol. The standard InChI is InChI=1S/C18H14N2O2/c1-13-2-6-15(7-3-13)19-20-16-8-4-14(5-9-16)18-11-10-17(12-21)22-18/h2-12H,1H3. The summed E-state index contributed by atoms with van der Waals surface area (Å²) in [6, 6.07) is 18.8. The quantitative estimate of drug-likeness (QED) is 0.471. The van der Waals surface area contributed by atoms with Crippen LogP contribution in [0.3, 0.4) is 0 Å². The molecular formula is C18H14N2O2. The molecule has 0 saturated carbocycles. The van der Waals surface area contributed by atoms with E-state index in [1.807, 2.05) is 55.5 Å². The molecule has 4 heteroatoms. The molecule has 0 aliphatic carbocycles. The van der Waals surface area contributed by atoms with Crippen LogP contribution in [0.25, 0.3) is 11.3 Å². The highest BCUT2D eigenvalue weighted by Gasteiger charge is 2.03. The van der Waals surface area contributed by atoms with Crippen LogP contribution in [0.15, 0.2) is 75.3 Å². The third-order valence-corrected chi connectivity index (χ3v) is 3.21. The van der Waals surface area contributed by atoms with Gasteiger partial charge in [-0.25, -0.2) is 0 Å². The topological polar surface area (TPSA) is 54.9 Å². The first-order valence-electron chi connectivity index (χ1n) is 6.88. The Morgan fingerprint density at radius 2 is 1.41 bits per heavy atom. The molecule has 0 atom stereocenters. The Kier molecular flexibility index (Phi) is 3.92. The largest absolute Gasteiger partial charge is 0.453 e. The normalized spacial score (nSPS) is 11.0. The van der Waals surface area contributed by atoms with Crippen molar-refractivity contribution in [3.63, 3.8) is 0 Å². The third-order valence-electron chi connectivity index (χ3n) is 3.21. The van der Waals surface area contributed by atoms with E-state index in [-0.39, 0.29) is 0 Å². The third kappa shape index (κ3) is 3.17. The molecule has 3 rings (SSSR count). The van der Waals surface area contributed by atoms with E-state index in [1.165, 1.54) is 5.56 Å². The Balaban J connectivity index is 1.76. The van der Waals surface area contributed by atoms with Crippen molar-refractivity contribution in [2.24, 2.45) is 10.2 Å². The van der Waals surface area contributed by atoms with E-state index in [2.05, 4.69) is 10.2 Å². The highest BCUT2D eigenvalue weighted by Crippen LogP contribution is 2.25. The first-order valence-corrected chi connectivity index (χ1v) is 6.88. The Bertz CT molecular complexity index is 800. The Morgan fingerprint density at radius 1 is 0.818 bits per heavy atom. The van der Waals surface area contributed by atoms with E-state index in [9.17, 15) is 4.79 Å². The highest BCUT2D eigenvalue weighted by molar-refractivity contribution is 5.73. The van der Waals surface area contributed by atoms with Crippen LogP contribution >= 0.6 is 0 Å². The summed E-state index contributed by atoms with van der Waals surface area (Å²) in [6.07, 6.45) is 0.688. The molecule has 0 unspecified atom stereocenters. The second-order valence-electron chi connectivity index (χ2n) is 4.90. The molecule has 0 radical (unpaired) electrons. The minimum Gasteiger partial charge on any atom is -0.453 e. The number of rotatable bonds is 4. The number of azo groups is 1. The van der Waals surface area contributed by atoms with E-state index >= 15 is 0 Å². The van der Waals surface area contributed by atoms with Gasteiger partial charge in [-0.05, 0) is 55.5 Å². The molecule has 1 heterocycles. The lowest BCUT2D eigenvalue weighted by Gasteiger charge is -1.98. The monoisotopic (exact) mass is 290 g/mol. The van der Waals surface area contributed by atoms with Gasteiger partial charge in [0.1, 0.15) is 5.76 Å². The second kappa shape index (κ2) is 6.18. The predicted octanol–water partition coefficient (Wildman–Crippen LogP) is 5.48. The van der Waals surface area contributed by atoms with E-state index in [0.29, 0.717) is 17.8 Å². The molecule has 108 valence electrons. The fourth-order valence-electron chi connectivity index (χ4n) is 1.99. The fraction of sp³-hybridized carbons (Fsp3) is 0.0556. The maximum atomic E-state index is 10.6. The summed E-state index contributed by atoms with van der Waals surface area (Å²) in [5.74, 6) is 0.974. The zero-order valence-corrected chi connectivity index (χ0v) is 12.1. The summed E-state index contributed by atoms with van der Waals surface area (Å²) in [6.45, 7) is 2.03. The van der Waals surface area contributed by atoms with Gasteiger partial charge >= 0.3 is 0 Å². The van der Waals surface area contributed by atoms with E-state index in [0.717, 1.165) is 16.9 Å². The van der Waals surface area contributed by atoms with Crippen molar-refractivity contribution in [1.82, 2.24) is 0 Å². The van der Waals surface area contributed by atoms with Gasteiger partial charge in [0.15, 0.2) is 12.0 Å². The van der Waals surface area contributed by atoms with Gasteiger partial charge in [-0.15, -0.1) is 0 Å².